The van der Waals surface area contributed by atoms with Gasteiger partial charge in [0.2, 0.25) is 0 Å². The molecule has 1 aromatic rings. The van der Waals surface area contributed by atoms with Gasteiger partial charge in [-0.05, 0) is 11.6 Å². The second kappa shape index (κ2) is 4.10. The number of nitrogens with zero attached hydrogens (tertiary/aromatic N) is 1. The van der Waals surface area contributed by atoms with E-state index in [1.807, 2.05) is 0 Å². The Kier molecular flexibility index (Phi) is 3.08. The number of aromatic carboxylic acids is 1. The topological polar surface area (TPSA) is 76.2 Å². The monoisotopic (exact) mass is 202 g/mol. The average Bonchev–Trinajstić information content (AvgIpc) is 2.16. The second-order valence-electron chi connectivity index (χ2n) is 2.55. The average molecular weight is 202 g/mol. The molecule has 0 spiro atoms. The van der Waals surface area contributed by atoms with E-state index in [9.17, 15) is 13.6 Å². The SMILES string of the molecule is NCc1ccc(C(F)F)nc1C(=O)O. The number of hydrogen-bond acceptors (Lipinski definition) is 3. The Morgan fingerprint density at radius 3 is 2.64 bits per heavy atom. The van der Waals surface area contributed by atoms with Gasteiger partial charge >= 0.3 is 5.97 Å². The molecule has 0 aliphatic carbocycles. The van der Waals surface area contributed by atoms with E-state index in [0.29, 0.717) is 0 Å². The minimum atomic E-state index is -2.78. The molecule has 0 amide bonds. The lowest BCUT2D eigenvalue weighted by Crippen LogP contribution is -2.11. The maximum atomic E-state index is 12.2. The van der Waals surface area contributed by atoms with Gasteiger partial charge in [0.1, 0.15) is 5.69 Å². The standard InChI is InChI=1S/C8H8F2N2O2/c9-7(10)5-2-1-4(3-11)6(12-5)8(13)14/h1-2,7H,3,11H2,(H,13,14). The van der Waals surface area contributed by atoms with Crippen molar-refractivity contribution in [2.75, 3.05) is 0 Å². The summed E-state index contributed by atoms with van der Waals surface area (Å²) < 4.78 is 24.3. The van der Waals surface area contributed by atoms with E-state index < -0.39 is 23.8 Å². The van der Waals surface area contributed by atoms with Gasteiger partial charge in [0.05, 0.1) is 0 Å². The molecule has 0 atom stereocenters. The van der Waals surface area contributed by atoms with Crippen molar-refractivity contribution in [2.45, 2.75) is 13.0 Å². The molecular formula is C8H8F2N2O2. The highest BCUT2D eigenvalue weighted by molar-refractivity contribution is 5.87. The van der Waals surface area contributed by atoms with Crippen molar-refractivity contribution in [1.82, 2.24) is 4.98 Å². The van der Waals surface area contributed by atoms with E-state index >= 15 is 0 Å². The third-order valence-electron chi connectivity index (χ3n) is 1.65. The summed E-state index contributed by atoms with van der Waals surface area (Å²) in [6.07, 6.45) is -2.78. The number of carboxylic acid groups (broad SMARTS) is 1. The Bertz CT molecular complexity index is 355. The highest BCUT2D eigenvalue weighted by atomic mass is 19.3. The van der Waals surface area contributed by atoms with E-state index in [1.165, 1.54) is 6.07 Å². The molecule has 0 radical (unpaired) electrons. The zero-order chi connectivity index (χ0) is 10.7. The van der Waals surface area contributed by atoms with Crippen molar-refractivity contribution in [3.05, 3.63) is 29.1 Å². The molecule has 0 saturated heterocycles. The van der Waals surface area contributed by atoms with Gasteiger partial charge in [0, 0.05) is 6.54 Å². The summed E-state index contributed by atoms with van der Waals surface area (Å²) in [6.45, 7) is -0.0435. The Labute approximate surface area is 78.4 Å². The zero-order valence-electron chi connectivity index (χ0n) is 7.08. The number of aromatic nitrogens is 1. The van der Waals surface area contributed by atoms with Crippen LogP contribution in [-0.4, -0.2) is 16.1 Å². The van der Waals surface area contributed by atoms with Crippen molar-refractivity contribution in [3.63, 3.8) is 0 Å². The lowest BCUT2D eigenvalue weighted by atomic mass is 10.1. The van der Waals surface area contributed by atoms with Crippen LogP contribution in [-0.2, 0) is 6.54 Å². The quantitative estimate of drug-likeness (QED) is 0.771. The van der Waals surface area contributed by atoms with Crippen LogP contribution >= 0.6 is 0 Å². The van der Waals surface area contributed by atoms with Gasteiger partial charge in [-0.2, -0.15) is 0 Å². The van der Waals surface area contributed by atoms with Crippen LogP contribution < -0.4 is 5.73 Å². The molecule has 0 bridgehead atoms. The Balaban J connectivity index is 3.21. The minimum Gasteiger partial charge on any atom is -0.477 e. The first kappa shape index (κ1) is 10.5. The summed E-state index contributed by atoms with van der Waals surface area (Å²) in [7, 11) is 0. The number of carbonyl (C=O) groups is 1. The smallest absolute Gasteiger partial charge is 0.354 e. The van der Waals surface area contributed by atoms with E-state index in [2.05, 4.69) is 4.98 Å². The van der Waals surface area contributed by atoms with Crippen LogP contribution in [0.25, 0.3) is 0 Å². The third-order valence-corrected chi connectivity index (χ3v) is 1.65. The van der Waals surface area contributed by atoms with Gasteiger partial charge < -0.3 is 10.8 Å². The number of carboxylic acids is 1. The molecule has 0 aromatic carbocycles. The molecule has 76 valence electrons. The van der Waals surface area contributed by atoms with Gasteiger partial charge in [-0.25, -0.2) is 18.6 Å². The van der Waals surface area contributed by atoms with Crippen LogP contribution in [0.2, 0.25) is 0 Å². The summed E-state index contributed by atoms with van der Waals surface area (Å²) in [5.41, 5.74) is 4.49. The number of halogens is 2. The Morgan fingerprint density at radius 1 is 1.57 bits per heavy atom. The highest BCUT2D eigenvalue weighted by Gasteiger charge is 2.15. The van der Waals surface area contributed by atoms with E-state index in [-0.39, 0.29) is 12.1 Å². The van der Waals surface area contributed by atoms with Gasteiger partial charge in [-0.1, -0.05) is 6.07 Å². The molecule has 0 aliphatic rings. The van der Waals surface area contributed by atoms with E-state index in [1.54, 1.807) is 0 Å². The summed E-state index contributed by atoms with van der Waals surface area (Å²) >= 11 is 0. The summed E-state index contributed by atoms with van der Waals surface area (Å²) in [5.74, 6) is -1.35. The summed E-state index contributed by atoms with van der Waals surface area (Å²) in [5, 5.41) is 8.64. The number of hydrogen-bond donors (Lipinski definition) is 2. The first-order chi connectivity index (χ1) is 6.56. The van der Waals surface area contributed by atoms with Crippen LogP contribution in [0.5, 0.6) is 0 Å². The van der Waals surface area contributed by atoms with Crippen molar-refractivity contribution < 1.29 is 18.7 Å². The fraction of sp³-hybridized carbons (Fsp3) is 0.250. The van der Waals surface area contributed by atoms with Crippen LogP contribution in [0.15, 0.2) is 12.1 Å². The Hall–Kier alpha value is -1.56. The highest BCUT2D eigenvalue weighted by Crippen LogP contribution is 2.18. The van der Waals surface area contributed by atoms with Crippen LogP contribution in [0.4, 0.5) is 8.78 Å². The fourth-order valence-electron chi connectivity index (χ4n) is 0.975. The lowest BCUT2D eigenvalue weighted by molar-refractivity contribution is 0.0687. The van der Waals surface area contributed by atoms with Crippen LogP contribution in [0, 0.1) is 0 Å². The maximum Gasteiger partial charge on any atom is 0.354 e. The first-order valence-electron chi connectivity index (χ1n) is 3.77. The number of alkyl halides is 2. The van der Waals surface area contributed by atoms with Crippen molar-refractivity contribution >= 4 is 5.97 Å². The number of nitrogens with two attached hydrogens (primary N) is 1. The molecule has 14 heavy (non-hydrogen) atoms. The Morgan fingerprint density at radius 2 is 2.21 bits per heavy atom. The number of pyridine rings is 1. The second-order valence-corrected chi connectivity index (χ2v) is 2.55. The first-order valence-corrected chi connectivity index (χ1v) is 3.77. The predicted octanol–water partition coefficient (Wildman–Crippen LogP) is 1.18. The summed E-state index contributed by atoms with van der Waals surface area (Å²) in [4.78, 5) is 13.9. The third kappa shape index (κ3) is 2.02. The molecule has 0 fully saturated rings. The zero-order valence-corrected chi connectivity index (χ0v) is 7.08. The fourth-order valence-corrected chi connectivity index (χ4v) is 0.975. The van der Waals surface area contributed by atoms with Crippen LogP contribution in [0.1, 0.15) is 28.2 Å². The molecular weight excluding hydrogens is 194 g/mol. The van der Waals surface area contributed by atoms with E-state index in [0.717, 1.165) is 6.07 Å². The van der Waals surface area contributed by atoms with Gasteiger partial charge in [0.25, 0.3) is 6.43 Å². The minimum absolute atomic E-state index is 0.0435. The molecule has 6 heteroatoms. The normalized spacial score (nSPS) is 10.6. The molecule has 0 unspecified atom stereocenters. The molecule has 0 saturated carbocycles. The molecule has 1 aromatic heterocycles. The molecule has 1 heterocycles. The molecule has 3 N–H and O–H groups in total. The van der Waals surface area contributed by atoms with Crippen molar-refractivity contribution in [2.24, 2.45) is 5.73 Å². The maximum absolute atomic E-state index is 12.2. The largest absolute Gasteiger partial charge is 0.477 e. The molecule has 1 rings (SSSR count). The number of rotatable bonds is 3. The molecule has 0 aliphatic heterocycles. The van der Waals surface area contributed by atoms with Gasteiger partial charge in [0.15, 0.2) is 5.69 Å². The lowest BCUT2D eigenvalue weighted by Gasteiger charge is -2.04. The van der Waals surface area contributed by atoms with Crippen molar-refractivity contribution in [3.8, 4) is 0 Å². The predicted molar refractivity (Wildman–Crippen MR) is 44.0 cm³/mol. The van der Waals surface area contributed by atoms with Gasteiger partial charge in [-0.15, -0.1) is 0 Å². The van der Waals surface area contributed by atoms with E-state index in [4.69, 9.17) is 10.8 Å². The molecule has 4 nitrogen and oxygen atoms in total. The van der Waals surface area contributed by atoms with Crippen molar-refractivity contribution in [1.29, 1.82) is 0 Å². The van der Waals surface area contributed by atoms with Gasteiger partial charge in [-0.3, -0.25) is 0 Å². The van der Waals surface area contributed by atoms with Crippen LogP contribution in [0.3, 0.4) is 0 Å². The summed E-state index contributed by atoms with van der Waals surface area (Å²) in [6, 6.07) is 2.32.